The molecule has 112 valence electrons. The van der Waals surface area contributed by atoms with E-state index < -0.39 is 0 Å². The summed E-state index contributed by atoms with van der Waals surface area (Å²) in [4.78, 5) is 12.0. The van der Waals surface area contributed by atoms with Crippen LogP contribution in [0.4, 0.5) is 0 Å². The maximum Gasteiger partial charge on any atom is 0.271 e. The quantitative estimate of drug-likeness (QED) is 0.689. The van der Waals surface area contributed by atoms with Crippen molar-refractivity contribution in [2.45, 2.75) is 0 Å². The summed E-state index contributed by atoms with van der Waals surface area (Å²) in [6.07, 6.45) is 1.40. The highest BCUT2D eigenvalue weighted by Gasteiger charge is 2.15. The van der Waals surface area contributed by atoms with Gasteiger partial charge in [0.05, 0.1) is 16.3 Å². The molecule has 2 aromatic rings. The number of hydrazone groups is 1. The minimum Gasteiger partial charge on any atom is -0.454 e. The first kappa shape index (κ1) is 14.7. The van der Waals surface area contributed by atoms with Crippen molar-refractivity contribution < 1.29 is 14.3 Å². The summed E-state index contributed by atoms with van der Waals surface area (Å²) in [5.74, 6) is 0.770. The number of hydrogen-bond donors (Lipinski definition) is 1. The molecule has 3 rings (SSSR count). The van der Waals surface area contributed by atoms with E-state index in [-0.39, 0.29) is 12.7 Å². The summed E-state index contributed by atoms with van der Waals surface area (Å²) < 4.78 is 10.4. The molecule has 0 saturated heterocycles. The molecule has 1 amide bonds. The lowest BCUT2D eigenvalue weighted by Crippen LogP contribution is -2.17. The largest absolute Gasteiger partial charge is 0.454 e. The molecule has 0 atom stereocenters. The fourth-order valence-corrected chi connectivity index (χ4v) is 2.39. The Morgan fingerprint density at radius 1 is 1.14 bits per heavy atom. The third kappa shape index (κ3) is 3.00. The highest BCUT2D eigenvalue weighted by atomic mass is 35.5. The van der Waals surface area contributed by atoms with Gasteiger partial charge >= 0.3 is 0 Å². The van der Waals surface area contributed by atoms with E-state index in [0.29, 0.717) is 32.7 Å². The van der Waals surface area contributed by atoms with Crippen LogP contribution in [0, 0.1) is 0 Å². The monoisotopic (exact) mass is 336 g/mol. The van der Waals surface area contributed by atoms with Crippen LogP contribution in [0.5, 0.6) is 11.5 Å². The van der Waals surface area contributed by atoms with E-state index in [0.717, 1.165) is 0 Å². The van der Waals surface area contributed by atoms with Crippen LogP contribution in [0.2, 0.25) is 10.0 Å². The van der Waals surface area contributed by atoms with Gasteiger partial charge in [0.15, 0.2) is 11.5 Å². The van der Waals surface area contributed by atoms with E-state index in [4.69, 9.17) is 32.7 Å². The molecule has 0 aliphatic carbocycles. The Kier molecular flexibility index (Phi) is 4.18. The van der Waals surface area contributed by atoms with Crippen LogP contribution >= 0.6 is 23.2 Å². The molecule has 0 radical (unpaired) electrons. The molecule has 22 heavy (non-hydrogen) atoms. The van der Waals surface area contributed by atoms with Crippen LogP contribution in [0.25, 0.3) is 0 Å². The Hall–Kier alpha value is -2.24. The molecule has 0 spiro atoms. The van der Waals surface area contributed by atoms with Crippen molar-refractivity contribution in [3.8, 4) is 11.5 Å². The minimum absolute atomic E-state index is 0.156. The van der Waals surface area contributed by atoms with Gasteiger partial charge in [-0.25, -0.2) is 5.43 Å². The number of hydrogen-bond acceptors (Lipinski definition) is 4. The fourth-order valence-electron chi connectivity index (χ4n) is 1.89. The smallest absolute Gasteiger partial charge is 0.271 e. The van der Waals surface area contributed by atoms with Gasteiger partial charge in [0, 0.05) is 11.1 Å². The third-order valence-electron chi connectivity index (χ3n) is 2.99. The topological polar surface area (TPSA) is 59.9 Å². The molecule has 5 nitrogen and oxygen atoms in total. The van der Waals surface area contributed by atoms with Crippen LogP contribution in [-0.4, -0.2) is 18.9 Å². The molecule has 0 fully saturated rings. The molecule has 2 aromatic carbocycles. The molecular weight excluding hydrogens is 327 g/mol. The van der Waals surface area contributed by atoms with Gasteiger partial charge in [0.1, 0.15) is 0 Å². The molecule has 1 aliphatic rings. The number of rotatable bonds is 3. The van der Waals surface area contributed by atoms with Crippen molar-refractivity contribution >= 4 is 35.3 Å². The lowest BCUT2D eigenvalue weighted by molar-refractivity contribution is 0.0954. The van der Waals surface area contributed by atoms with Crippen molar-refractivity contribution in [3.05, 3.63) is 57.6 Å². The zero-order valence-corrected chi connectivity index (χ0v) is 12.7. The van der Waals surface area contributed by atoms with Crippen LogP contribution in [0.15, 0.2) is 41.5 Å². The van der Waals surface area contributed by atoms with Crippen molar-refractivity contribution in [2.24, 2.45) is 5.10 Å². The number of carbonyl (C=O) groups excluding carboxylic acids is 1. The van der Waals surface area contributed by atoms with Gasteiger partial charge in [-0.05, 0) is 30.3 Å². The minimum atomic E-state index is -0.377. The van der Waals surface area contributed by atoms with E-state index in [1.807, 2.05) is 0 Å². The molecule has 0 aromatic heterocycles. The summed E-state index contributed by atoms with van der Waals surface area (Å²) in [7, 11) is 0. The second-order valence-corrected chi connectivity index (χ2v) is 5.22. The highest BCUT2D eigenvalue weighted by molar-refractivity contribution is 6.38. The van der Waals surface area contributed by atoms with Gasteiger partial charge in [-0.1, -0.05) is 29.3 Å². The van der Waals surface area contributed by atoms with Gasteiger partial charge < -0.3 is 9.47 Å². The molecule has 0 unspecified atom stereocenters. The molecule has 0 saturated carbocycles. The van der Waals surface area contributed by atoms with E-state index in [9.17, 15) is 4.79 Å². The number of nitrogens with zero attached hydrogens (tertiary/aromatic N) is 1. The van der Waals surface area contributed by atoms with E-state index in [1.165, 1.54) is 6.21 Å². The average molecular weight is 337 g/mol. The predicted octanol–water partition coefficient (Wildman–Crippen LogP) is 3.49. The second-order valence-electron chi connectivity index (χ2n) is 4.40. The second kappa shape index (κ2) is 6.25. The maximum absolute atomic E-state index is 12.0. The summed E-state index contributed by atoms with van der Waals surface area (Å²) >= 11 is 12.0. The van der Waals surface area contributed by atoms with Crippen molar-refractivity contribution in [3.63, 3.8) is 0 Å². The zero-order valence-electron chi connectivity index (χ0n) is 11.2. The van der Waals surface area contributed by atoms with Crippen molar-refractivity contribution in [2.75, 3.05) is 6.79 Å². The van der Waals surface area contributed by atoms with Gasteiger partial charge in [0.2, 0.25) is 6.79 Å². The molecule has 7 heteroatoms. The van der Waals surface area contributed by atoms with Crippen molar-refractivity contribution in [1.29, 1.82) is 0 Å². The highest BCUT2D eigenvalue weighted by Crippen LogP contribution is 2.32. The Balaban J connectivity index is 1.71. The van der Waals surface area contributed by atoms with Crippen LogP contribution < -0.4 is 14.9 Å². The van der Waals surface area contributed by atoms with Gasteiger partial charge in [0.25, 0.3) is 5.91 Å². The molecule has 1 N–H and O–H groups in total. The summed E-state index contributed by atoms with van der Waals surface area (Å²) in [5.41, 5.74) is 3.36. The average Bonchev–Trinajstić information content (AvgIpc) is 2.97. The van der Waals surface area contributed by atoms with Gasteiger partial charge in [-0.2, -0.15) is 5.10 Å². The first-order valence-corrected chi connectivity index (χ1v) is 7.08. The van der Waals surface area contributed by atoms with Crippen LogP contribution in [0.3, 0.4) is 0 Å². The first-order chi connectivity index (χ1) is 10.6. The normalized spacial score (nSPS) is 12.6. The summed E-state index contributed by atoms with van der Waals surface area (Å²) in [6.45, 7) is 0.156. The third-order valence-corrected chi connectivity index (χ3v) is 3.65. The van der Waals surface area contributed by atoms with E-state index >= 15 is 0 Å². The number of nitrogens with one attached hydrogen (secondary N) is 1. The Morgan fingerprint density at radius 2 is 1.86 bits per heavy atom. The number of fused-ring (bicyclic) bond motifs is 1. The van der Waals surface area contributed by atoms with Gasteiger partial charge in [-0.3, -0.25) is 4.79 Å². The van der Waals surface area contributed by atoms with E-state index in [1.54, 1.807) is 36.4 Å². The number of carbonyl (C=O) groups is 1. The Bertz CT molecular complexity index is 742. The molecular formula is C15H10Cl2N2O3. The van der Waals surface area contributed by atoms with Crippen LogP contribution in [-0.2, 0) is 0 Å². The lowest BCUT2D eigenvalue weighted by atomic mass is 10.2. The first-order valence-electron chi connectivity index (χ1n) is 6.32. The Labute approximate surface area is 136 Å². The fraction of sp³-hybridized carbons (Fsp3) is 0.0667. The molecule has 1 heterocycles. The molecule has 0 bridgehead atoms. The Morgan fingerprint density at radius 3 is 2.64 bits per heavy atom. The maximum atomic E-state index is 12.0. The van der Waals surface area contributed by atoms with Crippen molar-refractivity contribution in [1.82, 2.24) is 5.43 Å². The van der Waals surface area contributed by atoms with E-state index in [2.05, 4.69) is 10.5 Å². The number of ether oxygens (including phenoxy) is 2. The number of benzene rings is 2. The number of amides is 1. The summed E-state index contributed by atoms with van der Waals surface area (Å²) in [5, 5.41) is 4.77. The number of halogens is 2. The lowest BCUT2D eigenvalue weighted by Gasteiger charge is -2.03. The predicted molar refractivity (Wildman–Crippen MR) is 84.1 cm³/mol. The molecule has 1 aliphatic heterocycles. The SMILES string of the molecule is O=C(N/N=C/c1c(Cl)cccc1Cl)c1ccc2c(c1)OCO2. The standard InChI is InChI=1S/C15H10Cl2N2O3/c16-11-2-1-3-12(17)10(11)7-18-19-15(20)9-4-5-13-14(6-9)22-8-21-13/h1-7H,8H2,(H,19,20)/b18-7+. The summed E-state index contributed by atoms with van der Waals surface area (Å²) in [6, 6.07) is 10.00. The van der Waals surface area contributed by atoms with Gasteiger partial charge in [-0.15, -0.1) is 0 Å². The zero-order chi connectivity index (χ0) is 15.5. The van der Waals surface area contributed by atoms with Crippen LogP contribution in [0.1, 0.15) is 15.9 Å².